The molecule has 1 aromatic carbocycles. The molecule has 0 fully saturated rings. The van der Waals surface area contributed by atoms with Crippen molar-refractivity contribution in [2.75, 3.05) is 6.61 Å². The number of hydrogen-bond donors (Lipinski definition) is 1. The molecule has 0 amide bonds. The molecule has 0 atom stereocenters. The molecule has 4 nitrogen and oxygen atoms in total. The maximum atomic E-state index is 10.2. The van der Waals surface area contributed by atoms with E-state index in [-0.39, 0.29) is 23.7 Å². The van der Waals surface area contributed by atoms with Crippen molar-refractivity contribution in [2.45, 2.75) is 71.1 Å². The quantitative estimate of drug-likeness (QED) is 0.289. The Kier molecular flexibility index (Phi) is 20.4. The fourth-order valence-electron chi connectivity index (χ4n) is 2.14. The van der Waals surface area contributed by atoms with Gasteiger partial charge in [-0.1, -0.05) is 101 Å². The molecule has 0 saturated heterocycles. The Morgan fingerprint density at radius 2 is 1.04 bits per heavy atom. The minimum Gasteiger partial charge on any atom is -0.264 e. The third kappa shape index (κ3) is 23.9. The van der Waals surface area contributed by atoms with E-state index in [0.717, 1.165) is 12.8 Å². The smallest absolute Gasteiger partial charge is 0.264 e. The van der Waals surface area contributed by atoms with Crippen molar-refractivity contribution < 1.29 is 34.2 Å². The van der Waals surface area contributed by atoms with Gasteiger partial charge >= 0.3 is 10.4 Å². The normalized spacial score (nSPS) is 10.4. The average Bonchev–Trinajstić information content (AvgIpc) is 2.54. The molecule has 0 radical (unpaired) electrons. The molecule has 1 rings (SSSR count). The fourth-order valence-corrected chi connectivity index (χ4v) is 2.47. The molecule has 0 aliphatic carbocycles. The van der Waals surface area contributed by atoms with Crippen LogP contribution in [0.3, 0.4) is 0 Å². The zero-order valence-corrected chi connectivity index (χ0v) is 16.6. The van der Waals surface area contributed by atoms with Gasteiger partial charge in [0.1, 0.15) is 0 Å². The van der Waals surface area contributed by atoms with E-state index in [2.05, 4.69) is 11.1 Å². The van der Waals surface area contributed by atoms with Crippen LogP contribution in [0.2, 0.25) is 0 Å². The summed E-state index contributed by atoms with van der Waals surface area (Å²) in [6, 6.07) is 12.0. The Bertz CT molecular complexity index is 411. The minimum atomic E-state index is -4.23. The van der Waals surface area contributed by atoms with Crippen LogP contribution in [-0.4, -0.2) is 19.6 Å². The number of rotatable bonds is 12. The Labute approximate surface area is 158 Å². The summed E-state index contributed by atoms with van der Waals surface area (Å²) in [7, 11) is -4.23. The summed E-state index contributed by atoms with van der Waals surface area (Å²) in [5.74, 6) is 0. The van der Waals surface area contributed by atoms with E-state index in [1.807, 2.05) is 36.4 Å². The van der Waals surface area contributed by atoms with Gasteiger partial charge in [0.05, 0.1) is 6.61 Å². The second kappa shape index (κ2) is 18.9. The summed E-state index contributed by atoms with van der Waals surface area (Å²) < 4.78 is 33.0. The predicted octanol–water partition coefficient (Wildman–Crippen LogP) is 5.41. The van der Waals surface area contributed by atoms with Crippen LogP contribution in [-0.2, 0) is 31.7 Å². The molecule has 24 heavy (non-hydrogen) atoms. The van der Waals surface area contributed by atoms with Gasteiger partial charge in [-0.05, 0) is 6.42 Å². The van der Waals surface area contributed by atoms with Gasteiger partial charge in [-0.2, -0.15) is 8.42 Å². The van der Waals surface area contributed by atoms with E-state index in [9.17, 15) is 8.42 Å². The van der Waals surface area contributed by atoms with Gasteiger partial charge in [-0.3, -0.25) is 4.55 Å². The first kappa shape index (κ1) is 25.8. The number of benzene rings is 1. The molecule has 0 aliphatic heterocycles. The van der Waals surface area contributed by atoms with Crippen LogP contribution in [0.4, 0.5) is 0 Å². The molecule has 0 aliphatic rings. The van der Waals surface area contributed by atoms with E-state index in [1.54, 1.807) is 0 Å². The molecule has 6 heteroatoms. The van der Waals surface area contributed by atoms with E-state index >= 15 is 0 Å². The van der Waals surface area contributed by atoms with Crippen LogP contribution >= 0.6 is 0 Å². The van der Waals surface area contributed by atoms with E-state index in [4.69, 9.17) is 4.55 Å². The summed E-state index contributed by atoms with van der Waals surface area (Å²) in [5, 5.41) is 0. The molecule has 0 saturated carbocycles. The first-order valence-electron chi connectivity index (χ1n) is 8.68. The first-order valence-corrected chi connectivity index (χ1v) is 10.0. The monoisotopic (exact) mass is 400 g/mol. The zero-order valence-electron chi connectivity index (χ0n) is 14.7. The first-order chi connectivity index (χ1) is 11.1. The van der Waals surface area contributed by atoms with E-state index in [1.165, 1.54) is 44.9 Å². The molecular weight excluding hydrogens is 368 g/mol. The minimum absolute atomic E-state index is 0. The summed E-state index contributed by atoms with van der Waals surface area (Å²) >= 11 is 0. The van der Waals surface area contributed by atoms with Crippen LogP contribution in [0.15, 0.2) is 36.4 Å². The summed E-state index contributed by atoms with van der Waals surface area (Å²) in [6.45, 7) is 2.31. The maximum Gasteiger partial charge on any atom is 0.397 e. The largest absolute Gasteiger partial charge is 0.397 e. The van der Waals surface area contributed by atoms with Crippen LogP contribution in [0.1, 0.15) is 71.1 Å². The van der Waals surface area contributed by atoms with Crippen LogP contribution in [0.5, 0.6) is 0 Å². The topological polar surface area (TPSA) is 63.6 Å². The Hall–Kier alpha value is -0.391. The van der Waals surface area contributed by atoms with Gasteiger partial charge in [0, 0.05) is 17.1 Å². The second-order valence-corrected chi connectivity index (χ2v) is 6.68. The van der Waals surface area contributed by atoms with Crippen molar-refractivity contribution in [1.29, 1.82) is 0 Å². The van der Waals surface area contributed by atoms with Crippen molar-refractivity contribution in [3.05, 3.63) is 36.4 Å². The van der Waals surface area contributed by atoms with Gasteiger partial charge < -0.3 is 0 Å². The second-order valence-electron chi connectivity index (χ2n) is 5.59. The van der Waals surface area contributed by atoms with Crippen molar-refractivity contribution in [2.24, 2.45) is 0 Å². The van der Waals surface area contributed by atoms with E-state index < -0.39 is 10.4 Å². The predicted molar refractivity (Wildman–Crippen MR) is 95.8 cm³/mol. The molecule has 0 unspecified atom stereocenters. The van der Waals surface area contributed by atoms with Gasteiger partial charge in [0.15, 0.2) is 0 Å². The molecule has 142 valence electrons. The van der Waals surface area contributed by atoms with Crippen molar-refractivity contribution in [3.8, 4) is 0 Å². The molecule has 1 aromatic rings. The molecule has 0 heterocycles. The fraction of sp³-hybridized carbons (Fsp3) is 0.667. The van der Waals surface area contributed by atoms with Crippen LogP contribution in [0, 0.1) is 0 Å². The summed E-state index contributed by atoms with van der Waals surface area (Å²) in [6.07, 6.45) is 11.9. The summed E-state index contributed by atoms with van der Waals surface area (Å²) in [5.41, 5.74) is 0. The Morgan fingerprint density at radius 3 is 1.38 bits per heavy atom. The molecule has 0 spiro atoms. The number of hydrogen-bond acceptors (Lipinski definition) is 3. The zero-order chi connectivity index (χ0) is 17.2. The molecule has 0 aromatic heterocycles. The van der Waals surface area contributed by atoms with Crippen LogP contribution in [0.25, 0.3) is 0 Å². The van der Waals surface area contributed by atoms with Crippen molar-refractivity contribution >= 4 is 10.4 Å². The summed E-state index contributed by atoms with van der Waals surface area (Å²) in [4.78, 5) is 0. The standard InChI is InChI=1S/C12H26O4S.C6H6.Fe/c1-2-3-4-5-6-7-8-9-10-11-12-16-17(13,14)15;1-2-4-6-5-3-1;/h2-12H2,1H3,(H,13,14,15);1-6H;. The molecule has 0 bridgehead atoms. The van der Waals surface area contributed by atoms with Gasteiger partial charge in [-0.15, -0.1) is 0 Å². The number of unbranched alkanes of at least 4 members (excludes halogenated alkanes) is 9. The van der Waals surface area contributed by atoms with E-state index in [0.29, 0.717) is 6.42 Å². The van der Waals surface area contributed by atoms with Crippen molar-refractivity contribution in [3.63, 3.8) is 0 Å². The average molecular weight is 400 g/mol. The van der Waals surface area contributed by atoms with Crippen molar-refractivity contribution in [1.82, 2.24) is 0 Å². The van der Waals surface area contributed by atoms with Gasteiger partial charge in [0.25, 0.3) is 0 Å². The van der Waals surface area contributed by atoms with Crippen LogP contribution < -0.4 is 0 Å². The third-order valence-corrected chi connectivity index (χ3v) is 3.86. The SMILES string of the molecule is CCCCCCCCCCCCOS(=O)(=O)O.[Fe].c1ccccc1. The molecule has 1 N–H and O–H groups in total. The van der Waals surface area contributed by atoms with Gasteiger partial charge in [-0.25, -0.2) is 4.18 Å². The third-order valence-electron chi connectivity index (χ3n) is 3.40. The van der Waals surface area contributed by atoms with Gasteiger partial charge in [0.2, 0.25) is 0 Å². The molecular formula is C18H32FeO4S. The Balaban J connectivity index is 0. The Morgan fingerprint density at radius 1 is 0.708 bits per heavy atom. The maximum absolute atomic E-state index is 10.2.